The van der Waals surface area contributed by atoms with Gasteiger partial charge in [0.25, 0.3) is 0 Å². The number of carbonyl (C=O) groups is 1. The van der Waals surface area contributed by atoms with Gasteiger partial charge in [-0.3, -0.25) is 4.79 Å². The van der Waals surface area contributed by atoms with Crippen LogP contribution in [0.25, 0.3) is 0 Å². The van der Waals surface area contributed by atoms with Crippen LogP contribution in [-0.2, 0) is 14.8 Å². The van der Waals surface area contributed by atoms with Crippen molar-refractivity contribution in [3.8, 4) is 5.75 Å². The molecule has 1 aromatic rings. The molecule has 0 spiro atoms. The third kappa shape index (κ3) is 5.89. The molecule has 2 N–H and O–H groups in total. The first-order valence-corrected chi connectivity index (χ1v) is 7.55. The molecule has 6 nitrogen and oxygen atoms in total. The first-order chi connectivity index (χ1) is 9.51. The molecule has 0 aromatic heterocycles. The number of carboxylic acids is 1. The SMILES string of the molecule is O=C(O)CCNS(=O)(=O)c1ccc(OC(F)(F)F)cc1Br. The molecule has 0 amide bonds. The van der Waals surface area contributed by atoms with Crippen LogP contribution in [0.5, 0.6) is 5.75 Å². The van der Waals surface area contributed by atoms with Gasteiger partial charge in [-0.15, -0.1) is 13.2 Å². The maximum absolute atomic E-state index is 12.0. The molecule has 0 saturated carbocycles. The van der Waals surface area contributed by atoms with Crippen molar-refractivity contribution in [2.24, 2.45) is 0 Å². The number of nitrogens with one attached hydrogen (secondary N) is 1. The van der Waals surface area contributed by atoms with Crippen LogP contribution in [0.15, 0.2) is 27.6 Å². The lowest BCUT2D eigenvalue weighted by molar-refractivity contribution is -0.274. The second-order valence-corrected chi connectivity index (χ2v) is 6.27. The monoisotopic (exact) mass is 391 g/mol. The fraction of sp³-hybridized carbons (Fsp3) is 0.300. The first kappa shape index (κ1) is 17.7. The van der Waals surface area contributed by atoms with Gasteiger partial charge < -0.3 is 9.84 Å². The summed E-state index contributed by atoms with van der Waals surface area (Å²) in [6.07, 6.45) is -5.31. The summed E-state index contributed by atoms with van der Waals surface area (Å²) in [6, 6.07) is 2.59. The highest BCUT2D eigenvalue weighted by atomic mass is 79.9. The van der Waals surface area contributed by atoms with Crippen molar-refractivity contribution in [1.29, 1.82) is 0 Å². The van der Waals surface area contributed by atoms with E-state index in [9.17, 15) is 26.4 Å². The Labute approximate surface area is 126 Å². The van der Waals surface area contributed by atoms with E-state index < -0.39 is 34.5 Å². The summed E-state index contributed by atoms with van der Waals surface area (Å²) in [5.74, 6) is -1.77. The minimum absolute atomic E-state index is 0.146. The number of ether oxygens (including phenoxy) is 1. The van der Waals surface area contributed by atoms with E-state index in [1.807, 2.05) is 4.72 Å². The molecule has 0 saturated heterocycles. The van der Waals surface area contributed by atoms with E-state index in [0.29, 0.717) is 0 Å². The normalized spacial score (nSPS) is 12.2. The van der Waals surface area contributed by atoms with Gasteiger partial charge in [0.2, 0.25) is 10.0 Å². The quantitative estimate of drug-likeness (QED) is 0.774. The number of sulfonamides is 1. The van der Waals surface area contributed by atoms with Crippen molar-refractivity contribution >= 4 is 31.9 Å². The van der Waals surface area contributed by atoms with Crippen molar-refractivity contribution in [1.82, 2.24) is 4.72 Å². The van der Waals surface area contributed by atoms with Gasteiger partial charge in [0.05, 0.1) is 11.3 Å². The molecular weight excluding hydrogens is 383 g/mol. The zero-order valence-electron chi connectivity index (χ0n) is 10.1. The number of benzene rings is 1. The molecule has 0 atom stereocenters. The van der Waals surface area contributed by atoms with Crippen molar-refractivity contribution in [3.05, 3.63) is 22.7 Å². The van der Waals surface area contributed by atoms with Crippen molar-refractivity contribution in [2.45, 2.75) is 17.7 Å². The van der Waals surface area contributed by atoms with Gasteiger partial charge in [-0.2, -0.15) is 0 Å². The average Bonchev–Trinajstić information content (AvgIpc) is 2.25. The second-order valence-electron chi connectivity index (χ2n) is 3.68. The first-order valence-electron chi connectivity index (χ1n) is 5.28. The molecule has 0 unspecified atom stereocenters. The second kappa shape index (κ2) is 6.62. The number of alkyl halides is 3. The Kier molecular flexibility index (Phi) is 5.59. The number of rotatable bonds is 6. The van der Waals surface area contributed by atoms with E-state index in [2.05, 4.69) is 20.7 Å². The predicted molar refractivity (Wildman–Crippen MR) is 68.3 cm³/mol. The lowest BCUT2D eigenvalue weighted by atomic mass is 10.3. The number of halogens is 4. The fourth-order valence-corrected chi connectivity index (χ4v) is 3.35. The molecule has 0 aliphatic rings. The molecular formula is C10H9BrF3NO5S. The average molecular weight is 392 g/mol. The Bertz CT molecular complexity index is 632. The van der Waals surface area contributed by atoms with E-state index >= 15 is 0 Å². The van der Waals surface area contributed by atoms with Crippen LogP contribution in [0.1, 0.15) is 6.42 Å². The molecule has 11 heteroatoms. The topological polar surface area (TPSA) is 92.7 Å². The molecule has 1 aromatic carbocycles. The van der Waals surface area contributed by atoms with Crippen LogP contribution in [0.4, 0.5) is 13.2 Å². The van der Waals surface area contributed by atoms with E-state index in [0.717, 1.165) is 18.2 Å². The smallest absolute Gasteiger partial charge is 0.481 e. The summed E-state index contributed by atoms with van der Waals surface area (Å²) < 4.78 is 65.3. The van der Waals surface area contributed by atoms with Crippen LogP contribution < -0.4 is 9.46 Å². The third-order valence-corrected chi connectivity index (χ3v) is 4.50. The van der Waals surface area contributed by atoms with Crippen molar-refractivity contribution in [2.75, 3.05) is 6.54 Å². The van der Waals surface area contributed by atoms with Gasteiger partial charge >= 0.3 is 12.3 Å². The van der Waals surface area contributed by atoms with Gasteiger partial charge in [-0.25, -0.2) is 13.1 Å². The molecule has 118 valence electrons. The Balaban J connectivity index is 2.91. The zero-order chi connectivity index (χ0) is 16.3. The lowest BCUT2D eigenvalue weighted by Crippen LogP contribution is -2.26. The summed E-state index contributed by atoms with van der Waals surface area (Å²) >= 11 is 2.83. The lowest BCUT2D eigenvalue weighted by Gasteiger charge is -2.11. The minimum Gasteiger partial charge on any atom is -0.481 e. The zero-order valence-corrected chi connectivity index (χ0v) is 12.5. The van der Waals surface area contributed by atoms with Crippen LogP contribution in [0.2, 0.25) is 0 Å². The fourth-order valence-electron chi connectivity index (χ4n) is 1.27. The highest BCUT2D eigenvalue weighted by molar-refractivity contribution is 9.10. The number of carboxylic acid groups (broad SMARTS) is 1. The summed E-state index contributed by atoms with van der Waals surface area (Å²) in [5, 5.41) is 8.41. The Morgan fingerprint density at radius 2 is 2.00 bits per heavy atom. The predicted octanol–water partition coefficient (Wildman–Crippen LogP) is 2.10. The molecule has 1 rings (SSSR count). The Hall–Kier alpha value is -1.33. The van der Waals surface area contributed by atoms with Crippen LogP contribution in [-0.4, -0.2) is 32.4 Å². The van der Waals surface area contributed by atoms with E-state index in [1.165, 1.54) is 0 Å². The van der Waals surface area contributed by atoms with Crippen LogP contribution in [0.3, 0.4) is 0 Å². The number of hydrogen-bond donors (Lipinski definition) is 2. The van der Waals surface area contributed by atoms with Crippen LogP contribution >= 0.6 is 15.9 Å². The highest BCUT2D eigenvalue weighted by Gasteiger charge is 2.31. The number of aliphatic carboxylic acids is 1. The molecule has 0 bridgehead atoms. The third-order valence-electron chi connectivity index (χ3n) is 2.06. The maximum atomic E-state index is 12.0. The van der Waals surface area contributed by atoms with Crippen molar-refractivity contribution < 1.29 is 36.2 Å². The molecule has 0 aliphatic carbocycles. The molecule has 0 radical (unpaired) electrons. The Morgan fingerprint density at radius 3 is 2.48 bits per heavy atom. The van der Waals surface area contributed by atoms with E-state index in [-0.39, 0.29) is 15.9 Å². The van der Waals surface area contributed by atoms with Gasteiger partial charge in [0.1, 0.15) is 5.75 Å². The number of hydrogen-bond acceptors (Lipinski definition) is 4. The molecule has 0 fully saturated rings. The maximum Gasteiger partial charge on any atom is 0.573 e. The van der Waals surface area contributed by atoms with Gasteiger partial charge in [-0.1, -0.05) is 0 Å². The minimum atomic E-state index is -4.89. The van der Waals surface area contributed by atoms with Gasteiger partial charge in [-0.05, 0) is 34.1 Å². The summed E-state index contributed by atoms with van der Waals surface area (Å²) in [5.41, 5.74) is 0. The Morgan fingerprint density at radius 1 is 1.38 bits per heavy atom. The summed E-state index contributed by atoms with van der Waals surface area (Å²) in [6.45, 7) is -0.342. The molecule has 0 heterocycles. The van der Waals surface area contributed by atoms with Crippen molar-refractivity contribution in [3.63, 3.8) is 0 Å². The van der Waals surface area contributed by atoms with E-state index in [1.54, 1.807) is 0 Å². The van der Waals surface area contributed by atoms with Crippen LogP contribution in [0, 0.1) is 0 Å². The standard InChI is InChI=1S/C10H9BrF3NO5S/c11-7-5-6(20-10(12,13)14)1-2-8(7)21(18,19)15-4-3-9(16)17/h1-2,5,15H,3-4H2,(H,16,17). The molecule has 0 aliphatic heterocycles. The molecule has 21 heavy (non-hydrogen) atoms. The highest BCUT2D eigenvalue weighted by Crippen LogP contribution is 2.29. The summed E-state index contributed by atoms with van der Waals surface area (Å²) in [7, 11) is -4.04. The van der Waals surface area contributed by atoms with Gasteiger partial charge in [0, 0.05) is 11.0 Å². The van der Waals surface area contributed by atoms with Gasteiger partial charge in [0.15, 0.2) is 0 Å². The largest absolute Gasteiger partial charge is 0.573 e. The summed E-state index contributed by atoms with van der Waals surface area (Å²) in [4.78, 5) is 9.97. The van der Waals surface area contributed by atoms with E-state index in [4.69, 9.17) is 5.11 Å².